The number of thioether (sulfide) groups is 1. The highest BCUT2D eigenvalue weighted by atomic mass is 32.2. The Balaban J connectivity index is 2.59. The third kappa shape index (κ3) is 3.89. The number of rotatable bonds is 5. The topological polar surface area (TPSA) is 59.4 Å². The van der Waals surface area contributed by atoms with Crippen molar-refractivity contribution in [1.29, 1.82) is 0 Å². The molecule has 0 aliphatic rings. The minimum Gasteiger partial charge on any atom is -0.462 e. The van der Waals surface area contributed by atoms with E-state index in [1.165, 1.54) is 18.0 Å². The molecular formula is C10H13NO3S. The molecule has 0 aliphatic carbocycles. The highest BCUT2D eigenvalue weighted by molar-refractivity contribution is 7.99. The van der Waals surface area contributed by atoms with Crippen LogP contribution in [0.15, 0.2) is 23.4 Å². The van der Waals surface area contributed by atoms with E-state index in [1.54, 1.807) is 19.1 Å². The number of esters is 1. The predicted molar refractivity (Wildman–Crippen MR) is 58.0 cm³/mol. The van der Waals surface area contributed by atoms with E-state index >= 15 is 0 Å². The standard InChI is InChI=1S/C10H13NO3S/c1-2-14-10(13)8-3-4-9(11-7-8)15-6-5-12/h3-4,7,12H,2,5-6H2,1H3. The molecule has 4 nitrogen and oxygen atoms in total. The van der Waals surface area contributed by atoms with Crippen molar-refractivity contribution in [2.75, 3.05) is 19.0 Å². The number of carbonyl (C=O) groups is 1. The summed E-state index contributed by atoms with van der Waals surface area (Å²) in [6, 6.07) is 3.41. The molecule has 0 spiro atoms. The van der Waals surface area contributed by atoms with Gasteiger partial charge in [0.2, 0.25) is 0 Å². The minimum atomic E-state index is -0.358. The lowest BCUT2D eigenvalue weighted by Gasteiger charge is -2.02. The number of hydrogen-bond acceptors (Lipinski definition) is 5. The zero-order valence-corrected chi connectivity index (χ0v) is 9.29. The lowest BCUT2D eigenvalue weighted by atomic mass is 10.3. The van der Waals surface area contributed by atoms with Crippen LogP contribution in [0.2, 0.25) is 0 Å². The van der Waals surface area contributed by atoms with Crippen molar-refractivity contribution >= 4 is 17.7 Å². The molecule has 5 heteroatoms. The molecule has 82 valence electrons. The average molecular weight is 227 g/mol. The van der Waals surface area contributed by atoms with Gasteiger partial charge in [0.05, 0.1) is 23.8 Å². The molecule has 0 bridgehead atoms. The maximum atomic E-state index is 11.3. The summed E-state index contributed by atoms with van der Waals surface area (Å²) in [6.45, 7) is 2.24. The molecule has 0 radical (unpaired) electrons. The normalized spacial score (nSPS) is 10.0. The van der Waals surface area contributed by atoms with Crippen molar-refractivity contribution < 1.29 is 14.6 Å². The molecule has 0 amide bonds. The molecule has 0 saturated carbocycles. The van der Waals surface area contributed by atoms with Gasteiger partial charge in [-0.25, -0.2) is 9.78 Å². The van der Waals surface area contributed by atoms with Crippen molar-refractivity contribution in [1.82, 2.24) is 4.98 Å². The number of aliphatic hydroxyl groups is 1. The van der Waals surface area contributed by atoms with Crippen molar-refractivity contribution in [3.8, 4) is 0 Å². The first-order valence-electron chi connectivity index (χ1n) is 4.64. The Morgan fingerprint density at radius 2 is 2.40 bits per heavy atom. The SMILES string of the molecule is CCOC(=O)c1ccc(SCCO)nc1. The van der Waals surface area contributed by atoms with Crippen LogP contribution in [0.1, 0.15) is 17.3 Å². The second kappa shape index (κ2) is 6.42. The Hall–Kier alpha value is -1.07. The first kappa shape index (κ1) is 12.0. The number of nitrogens with zero attached hydrogens (tertiary/aromatic N) is 1. The average Bonchev–Trinajstić information content (AvgIpc) is 2.27. The summed E-state index contributed by atoms with van der Waals surface area (Å²) in [5, 5.41) is 9.41. The number of aliphatic hydroxyl groups excluding tert-OH is 1. The predicted octanol–water partition coefficient (Wildman–Crippen LogP) is 1.34. The van der Waals surface area contributed by atoms with E-state index in [2.05, 4.69) is 4.98 Å². The molecule has 1 rings (SSSR count). The number of aromatic nitrogens is 1. The molecule has 15 heavy (non-hydrogen) atoms. The maximum absolute atomic E-state index is 11.3. The Labute approximate surface area is 92.7 Å². The van der Waals surface area contributed by atoms with E-state index in [9.17, 15) is 4.79 Å². The Morgan fingerprint density at radius 1 is 1.60 bits per heavy atom. The van der Waals surface area contributed by atoms with Crippen LogP contribution in [-0.4, -0.2) is 35.0 Å². The fraction of sp³-hybridized carbons (Fsp3) is 0.400. The van der Waals surface area contributed by atoms with Crippen LogP contribution in [0, 0.1) is 0 Å². The zero-order valence-electron chi connectivity index (χ0n) is 8.47. The molecule has 1 heterocycles. The van der Waals surface area contributed by atoms with Crippen LogP contribution >= 0.6 is 11.8 Å². The van der Waals surface area contributed by atoms with Gasteiger partial charge in [-0.1, -0.05) is 0 Å². The van der Waals surface area contributed by atoms with Crippen LogP contribution in [0.25, 0.3) is 0 Å². The van der Waals surface area contributed by atoms with Gasteiger partial charge in [-0.3, -0.25) is 0 Å². The number of hydrogen-bond donors (Lipinski definition) is 1. The molecule has 0 aliphatic heterocycles. The van der Waals surface area contributed by atoms with Crippen LogP contribution in [-0.2, 0) is 4.74 Å². The summed E-state index contributed by atoms with van der Waals surface area (Å²) in [4.78, 5) is 15.3. The molecule has 0 aromatic carbocycles. The fourth-order valence-corrected chi connectivity index (χ4v) is 1.54. The second-order valence-corrected chi connectivity index (χ2v) is 3.79. The van der Waals surface area contributed by atoms with Gasteiger partial charge in [-0.15, -0.1) is 11.8 Å². The summed E-state index contributed by atoms with van der Waals surface area (Å²) in [6.07, 6.45) is 1.48. The van der Waals surface area contributed by atoms with Crippen molar-refractivity contribution in [2.45, 2.75) is 11.9 Å². The van der Waals surface area contributed by atoms with Crippen molar-refractivity contribution in [3.05, 3.63) is 23.9 Å². The van der Waals surface area contributed by atoms with Crippen LogP contribution in [0.4, 0.5) is 0 Å². The summed E-state index contributed by atoms with van der Waals surface area (Å²) in [5.74, 6) is 0.245. The Bertz CT molecular complexity index is 313. The summed E-state index contributed by atoms with van der Waals surface area (Å²) >= 11 is 1.44. The lowest BCUT2D eigenvalue weighted by Crippen LogP contribution is -2.04. The monoisotopic (exact) mass is 227 g/mol. The van der Waals surface area contributed by atoms with E-state index < -0.39 is 0 Å². The van der Waals surface area contributed by atoms with E-state index in [0.29, 0.717) is 17.9 Å². The summed E-state index contributed by atoms with van der Waals surface area (Å²) in [5.41, 5.74) is 0.449. The largest absolute Gasteiger partial charge is 0.462 e. The van der Waals surface area contributed by atoms with Gasteiger partial charge < -0.3 is 9.84 Å². The van der Waals surface area contributed by atoms with Gasteiger partial charge in [0.15, 0.2) is 0 Å². The highest BCUT2D eigenvalue weighted by Crippen LogP contribution is 2.14. The van der Waals surface area contributed by atoms with E-state index in [-0.39, 0.29) is 12.6 Å². The molecular weight excluding hydrogens is 214 g/mol. The summed E-state index contributed by atoms with van der Waals surface area (Å²) in [7, 11) is 0. The Kier molecular flexibility index (Phi) is 5.14. The molecule has 0 unspecified atom stereocenters. The first-order valence-corrected chi connectivity index (χ1v) is 5.63. The number of ether oxygens (including phenoxy) is 1. The van der Waals surface area contributed by atoms with Crippen LogP contribution in [0.5, 0.6) is 0 Å². The van der Waals surface area contributed by atoms with Gasteiger partial charge in [0, 0.05) is 11.9 Å². The molecule has 0 saturated heterocycles. The fourth-order valence-electron chi connectivity index (χ4n) is 0.951. The van der Waals surface area contributed by atoms with E-state index in [1.807, 2.05) is 0 Å². The zero-order chi connectivity index (χ0) is 11.1. The lowest BCUT2D eigenvalue weighted by molar-refractivity contribution is 0.0525. The third-order valence-corrected chi connectivity index (χ3v) is 2.51. The van der Waals surface area contributed by atoms with Gasteiger partial charge >= 0.3 is 5.97 Å². The Morgan fingerprint density at radius 3 is 2.93 bits per heavy atom. The van der Waals surface area contributed by atoms with Gasteiger partial charge in [0.25, 0.3) is 0 Å². The smallest absolute Gasteiger partial charge is 0.339 e. The molecule has 1 N–H and O–H groups in total. The van der Waals surface area contributed by atoms with E-state index in [0.717, 1.165) is 5.03 Å². The molecule has 0 atom stereocenters. The third-order valence-electron chi connectivity index (χ3n) is 1.59. The van der Waals surface area contributed by atoms with Crippen LogP contribution in [0.3, 0.4) is 0 Å². The van der Waals surface area contributed by atoms with E-state index in [4.69, 9.17) is 9.84 Å². The van der Waals surface area contributed by atoms with Crippen LogP contribution < -0.4 is 0 Å². The first-order chi connectivity index (χ1) is 7.27. The van der Waals surface area contributed by atoms with Gasteiger partial charge in [-0.05, 0) is 19.1 Å². The van der Waals surface area contributed by atoms with Gasteiger partial charge in [0.1, 0.15) is 0 Å². The van der Waals surface area contributed by atoms with Gasteiger partial charge in [-0.2, -0.15) is 0 Å². The molecule has 1 aromatic heterocycles. The summed E-state index contributed by atoms with van der Waals surface area (Å²) < 4.78 is 4.82. The van der Waals surface area contributed by atoms with Crippen molar-refractivity contribution in [2.24, 2.45) is 0 Å². The maximum Gasteiger partial charge on any atom is 0.339 e. The number of pyridine rings is 1. The minimum absolute atomic E-state index is 0.117. The number of carbonyl (C=O) groups excluding carboxylic acids is 1. The highest BCUT2D eigenvalue weighted by Gasteiger charge is 2.06. The molecule has 1 aromatic rings. The quantitative estimate of drug-likeness (QED) is 0.607. The van der Waals surface area contributed by atoms with Crippen molar-refractivity contribution in [3.63, 3.8) is 0 Å². The second-order valence-electron chi connectivity index (χ2n) is 2.68. The molecule has 0 fully saturated rings.